The summed E-state index contributed by atoms with van der Waals surface area (Å²) in [5.74, 6) is 1.53. The van der Waals surface area contributed by atoms with Crippen molar-refractivity contribution < 1.29 is 19.3 Å². The minimum Gasteiger partial charge on any atom is -0.454 e. The fourth-order valence-electron chi connectivity index (χ4n) is 4.12. The number of β-amino-alcohol motifs (C(OH)–C–C–N with tert-alkyl or cyclic N) is 1. The van der Waals surface area contributed by atoms with E-state index < -0.39 is 11.5 Å². The van der Waals surface area contributed by atoms with Crippen molar-refractivity contribution in [2.45, 2.75) is 30.1 Å². The van der Waals surface area contributed by atoms with Crippen LogP contribution >= 0.6 is 0 Å². The Kier molecular flexibility index (Phi) is 3.18. The molecule has 5 heteroatoms. The first-order chi connectivity index (χ1) is 10.6. The predicted molar refractivity (Wildman–Crippen MR) is 81.2 cm³/mol. The number of hydrogen-bond donors (Lipinski definition) is 1. The highest BCUT2D eigenvalue weighted by molar-refractivity contribution is 5.50. The second kappa shape index (κ2) is 4.98. The quantitative estimate of drug-likeness (QED) is 0.835. The van der Waals surface area contributed by atoms with E-state index in [0.29, 0.717) is 6.54 Å². The fraction of sp³-hybridized carbons (Fsp3) is 0.529. The fourth-order valence-corrected chi connectivity index (χ4v) is 4.12. The molecule has 22 heavy (non-hydrogen) atoms. The van der Waals surface area contributed by atoms with E-state index in [-0.39, 0.29) is 18.9 Å². The Labute approximate surface area is 130 Å². The molecular formula is C17H21NO4. The monoisotopic (exact) mass is 303 g/mol. The number of methoxy groups -OCH3 is 1. The lowest BCUT2D eigenvalue weighted by molar-refractivity contribution is 0.0778. The first-order valence-corrected chi connectivity index (χ1v) is 7.65. The summed E-state index contributed by atoms with van der Waals surface area (Å²) < 4.78 is 16.4. The van der Waals surface area contributed by atoms with Gasteiger partial charge in [-0.1, -0.05) is 18.2 Å². The van der Waals surface area contributed by atoms with Crippen molar-refractivity contribution >= 4 is 0 Å². The van der Waals surface area contributed by atoms with Crippen molar-refractivity contribution in [2.24, 2.45) is 0 Å². The molecule has 0 saturated carbocycles. The van der Waals surface area contributed by atoms with Crippen molar-refractivity contribution in [2.75, 3.05) is 27.5 Å². The summed E-state index contributed by atoms with van der Waals surface area (Å²) in [5, 5.41) is 10.8. The van der Waals surface area contributed by atoms with Crippen LogP contribution in [0.3, 0.4) is 0 Å². The summed E-state index contributed by atoms with van der Waals surface area (Å²) in [6.45, 7) is 0.916. The number of likely N-dealkylation sites (tertiary alicyclic amines) is 1. The van der Waals surface area contributed by atoms with E-state index in [2.05, 4.69) is 24.1 Å². The Hall–Kier alpha value is -1.56. The van der Waals surface area contributed by atoms with E-state index >= 15 is 0 Å². The first-order valence-electron chi connectivity index (χ1n) is 7.65. The number of ether oxygens (including phenoxy) is 3. The molecule has 1 aromatic rings. The summed E-state index contributed by atoms with van der Waals surface area (Å²) in [5.41, 5.74) is 0.662. The van der Waals surface area contributed by atoms with Crippen LogP contribution in [0.15, 0.2) is 30.4 Å². The third-order valence-corrected chi connectivity index (χ3v) is 5.31. The molecule has 0 radical (unpaired) electrons. The minimum absolute atomic E-state index is 0.0971. The van der Waals surface area contributed by atoms with E-state index in [1.54, 1.807) is 7.11 Å². The topological polar surface area (TPSA) is 51.2 Å². The van der Waals surface area contributed by atoms with Gasteiger partial charge in [-0.2, -0.15) is 0 Å². The molecule has 0 amide bonds. The van der Waals surface area contributed by atoms with Crippen LogP contribution in [0.25, 0.3) is 0 Å². The lowest BCUT2D eigenvalue weighted by Gasteiger charge is -2.41. The van der Waals surface area contributed by atoms with Crippen LogP contribution in [0.1, 0.15) is 12.0 Å². The molecule has 4 atom stereocenters. The Morgan fingerprint density at radius 2 is 2.14 bits per heavy atom. The van der Waals surface area contributed by atoms with Crippen molar-refractivity contribution in [1.82, 2.24) is 4.90 Å². The average Bonchev–Trinajstić information content (AvgIpc) is 3.10. The molecule has 3 aliphatic rings. The van der Waals surface area contributed by atoms with Gasteiger partial charge in [-0.15, -0.1) is 0 Å². The van der Waals surface area contributed by atoms with Gasteiger partial charge in [0, 0.05) is 19.7 Å². The van der Waals surface area contributed by atoms with Crippen molar-refractivity contribution in [3.8, 4) is 11.5 Å². The molecule has 118 valence electrons. The number of hydrogen-bond acceptors (Lipinski definition) is 5. The van der Waals surface area contributed by atoms with Crippen LogP contribution in [0, 0.1) is 0 Å². The summed E-state index contributed by atoms with van der Waals surface area (Å²) in [6, 6.07) is 6.19. The number of aliphatic hydroxyl groups excluding tert-OH is 1. The summed E-state index contributed by atoms with van der Waals surface area (Å²) in [7, 11) is 3.79. The smallest absolute Gasteiger partial charge is 0.231 e. The first kappa shape index (κ1) is 14.1. The van der Waals surface area contributed by atoms with Gasteiger partial charge < -0.3 is 19.3 Å². The lowest BCUT2D eigenvalue weighted by atomic mass is 9.68. The van der Waals surface area contributed by atoms with Gasteiger partial charge in [0.25, 0.3) is 0 Å². The van der Waals surface area contributed by atoms with Crippen LogP contribution in [0.5, 0.6) is 11.5 Å². The van der Waals surface area contributed by atoms with Crippen molar-refractivity contribution in [3.63, 3.8) is 0 Å². The molecular weight excluding hydrogens is 282 g/mol. The van der Waals surface area contributed by atoms with E-state index in [9.17, 15) is 5.11 Å². The molecule has 0 spiro atoms. The van der Waals surface area contributed by atoms with Gasteiger partial charge in [0.15, 0.2) is 11.5 Å². The van der Waals surface area contributed by atoms with Crippen molar-refractivity contribution in [1.29, 1.82) is 0 Å². The van der Waals surface area contributed by atoms with Gasteiger partial charge in [0.2, 0.25) is 6.79 Å². The normalized spacial score (nSPS) is 36.6. The van der Waals surface area contributed by atoms with Crippen LogP contribution in [-0.4, -0.2) is 55.8 Å². The molecule has 5 nitrogen and oxygen atoms in total. The molecule has 0 unspecified atom stereocenters. The number of fused-ring (bicyclic) bond motifs is 2. The second-order valence-corrected chi connectivity index (χ2v) is 6.34. The SMILES string of the molecule is CO[C@H]1C=C[C@]2(c3ccc4c(c3)OCO4)[C@H](O)CN(C)[C@@H]2C1. The van der Waals surface area contributed by atoms with Gasteiger partial charge in [-0.3, -0.25) is 4.90 Å². The number of benzene rings is 1. The molecule has 0 aromatic heterocycles. The van der Waals surface area contributed by atoms with Crippen LogP contribution < -0.4 is 9.47 Å². The Morgan fingerprint density at radius 3 is 2.95 bits per heavy atom. The lowest BCUT2D eigenvalue weighted by Crippen LogP contribution is -2.48. The van der Waals surface area contributed by atoms with E-state index in [4.69, 9.17) is 14.2 Å². The Bertz CT molecular complexity index is 617. The molecule has 2 aliphatic heterocycles. The molecule has 1 aliphatic carbocycles. The van der Waals surface area contributed by atoms with Crippen LogP contribution in [0.2, 0.25) is 0 Å². The number of aliphatic hydroxyl groups is 1. The largest absolute Gasteiger partial charge is 0.454 e. The maximum atomic E-state index is 10.8. The van der Waals surface area contributed by atoms with Gasteiger partial charge in [0.05, 0.1) is 17.6 Å². The minimum atomic E-state index is -0.447. The van der Waals surface area contributed by atoms with Gasteiger partial charge >= 0.3 is 0 Å². The summed E-state index contributed by atoms with van der Waals surface area (Å²) in [4.78, 5) is 2.23. The molecule has 1 aromatic carbocycles. The zero-order chi connectivity index (χ0) is 15.3. The van der Waals surface area contributed by atoms with Crippen molar-refractivity contribution in [3.05, 3.63) is 35.9 Å². The Balaban J connectivity index is 1.82. The summed E-state index contributed by atoms with van der Waals surface area (Å²) in [6.07, 6.45) is 4.72. The highest BCUT2D eigenvalue weighted by Gasteiger charge is 2.54. The van der Waals surface area contributed by atoms with Gasteiger partial charge in [0.1, 0.15) is 0 Å². The van der Waals surface area contributed by atoms with E-state index in [1.807, 2.05) is 18.2 Å². The zero-order valence-electron chi connectivity index (χ0n) is 12.9. The highest BCUT2D eigenvalue weighted by Crippen LogP contribution is 2.48. The molecule has 1 N–H and O–H groups in total. The van der Waals surface area contributed by atoms with E-state index in [1.165, 1.54) is 0 Å². The standard InChI is InChI=1S/C17H21NO4/c1-18-9-16(19)17(6-5-12(20-2)8-15(17)18)11-3-4-13-14(7-11)22-10-21-13/h3-7,12,15-16,19H,8-10H2,1-2H3/t12-,15+,16+,17+/m0/s1. The average molecular weight is 303 g/mol. The molecule has 1 saturated heterocycles. The van der Waals surface area contributed by atoms with Crippen LogP contribution in [-0.2, 0) is 10.2 Å². The number of rotatable bonds is 2. The second-order valence-electron chi connectivity index (χ2n) is 6.34. The molecule has 1 fully saturated rings. The third-order valence-electron chi connectivity index (χ3n) is 5.31. The highest BCUT2D eigenvalue weighted by atomic mass is 16.7. The molecule has 0 bridgehead atoms. The Morgan fingerprint density at radius 1 is 1.32 bits per heavy atom. The zero-order valence-corrected chi connectivity index (χ0v) is 12.9. The molecule has 4 rings (SSSR count). The maximum Gasteiger partial charge on any atom is 0.231 e. The number of likely N-dealkylation sites (N-methyl/N-ethyl adjacent to an activating group) is 1. The third kappa shape index (κ3) is 1.82. The number of nitrogens with zero attached hydrogens (tertiary/aromatic N) is 1. The van der Waals surface area contributed by atoms with Gasteiger partial charge in [-0.25, -0.2) is 0 Å². The predicted octanol–water partition coefficient (Wildman–Crippen LogP) is 1.30. The maximum absolute atomic E-state index is 10.8. The van der Waals surface area contributed by atoms with Crippen LogP contribution in [0.4, 0.5) is 0 Å². The summed E-state index contributed by atoms with van der Waals surface area (Å²) >= 11 is 0. The van der Waals surface area contributed by atoms with Gasteiger partial charge in [-0.05, 0) is 31.2 Å². The molecule has 2 heterocycles. The van der Waals surface area contributed by atoms with E-state index in [0.717, 1.165) is 23.5 Å².